The molecule has 8 heteroatoms. The van der Waals surface area contributed by atoms with Gasteiger partial charge < -0.3 is 10.1 Å². The van der Waals surface area contributed by atoms with Gasteiger partial charge in [-0.3, -0.25) is 10.1 Å². The van der Waals surface area contributed by atoms with Gasteiger partial charge in [-0.2, -0.15) is 0 Å². The third-order valence-electron chi connectivity index (χ3n) is 6.16. The number of nitrogens with zero attached hydrogens (tertiary/aromatic N) is 1. The van der Waals surface area contributed by atoms with Gasteiger partial charge in [0.2, 0.25) is 0 Å². The Morgan fingerprint density at radius 1 is 1.06 bits per heavy atom. The van der Waals surface area contributed by atoms with Gasteiger partial charge >= 0.3 is 5.97 Å². The molecule has 33 heavy (non-hydrogen) atoms. The first-order valence-corrected chi connectivity index (χ1v) is 11.1. The minimum absolute atomic E-state index is 0.0135. The monoisotopic (exact) mass is 480 g/mol. The van der Waals surface area contributed by atoms with E-state index in [-0.39, 0.29) is 34.2 Å². The first-order valence-electron chi connectivity index (χ1n) is 10.4. The number of anilines is 1. The van der Waals surface area contributed by atoms with Gasteiger partial charge in [-0.15, -0.1) is 0 Å². The summed E-state index contributed by atoms with van der Waals surface area (Å²) in [6.45, 7) is 0. The summed E-state index contributed by atoms with van der Waals surface area (Å²) in [6.07, 6.45) is 5.20. The van der Waals surface area contributed by atoms with Crippen molar-refractivity contribution in [1.29, 1.82) is 0 Å². The van der Waals surface area contributed by atoms with E-state index in [0.29, 0.717) is 10.8 Å². The van der Waals surface area contributed by atoms with Gasteiger partial charge in [0.05, 0.1) is 21.6 Å². The number of halogens is 2. The van der Waals surface area contributed by atoms with Gasteiger partial charge in [-0.05, 0) is 59.9 Å². The van der Waals surface area contributed by atoms with E-state index in [2.05, 4.69) is 17.5 Å². The molecule has 3 unspecified atom stereocenters. The third kappa shape index (κ3) is 4.08. The van der Waals surface area contributed by atoms with Gasteiger partial charge in [-0.25, -0.2) is 4.79 Å². The summed E-state index contributed by atoms with van der Waals surface area (Å²) in [4.78, 5) is 23.2. The quantitative estimate of drug-likeness (QED) is 0.143. The molecule has 166 valence electrons. The van der Waals surface area contributed by atoms with Crippen LogP contribution in [0.1, 0.15) is 39.9 Å². The van der Waals surface area contributed by atoms with Crippen molar-refractivity contribution in [2.24, 2.45) is 5.92 Å². The van der Waals surface area contributed by atoms with Crippen LogP contribution in [0, 0.1) is 16.0 Å². The van der Waals surface area contributed by atoms with Crippen molar-refractivity contribution in [2.75, 3.05) is 5.32 Å². The maximum absolute atomic E-state index is 12.6. The zero-order valence-corrected chi connectivity index (χ0v) is 18.7. The fourth-order valence-electron chi connectivity index (χ4n) is 4.59. The molecule has 3 aromatic rings. The smallest absolute Gasteiger partial charge is 0.345 e. The summed E-state index contributed by atoms with van der Waals surface area (Å²) in [5.74, 6) is 0.261. The van der Waals surface area contributed by atoms with Gasteiger partial charge in [0, 0.05) is 28.8 Å². The Bertz CT molecular complexity index is 1290. The molecule has 0 bridgehead atoms. The number of hydrogen-bond acceptors (Lipinski definition) is 5. The minimum Gasteiger partial charge on any atom is -0.423 e. The molecular weight excluding hydrogens is 463 g/mol. The molecule has 6 nitrogen and oxygen atoms in total. The summed E-state index contributed by atoms with van der Waals surface area (Å²) in [7, 11) is 0. The fourth-order valence-corrected chi connectivity index (χ4v) is 5.07. The molecule has 0 fully saturated rings. The second-order valence-corrected chi connectivity index (χ2v) is 8.93. The molecule has 0 aromatic heterocycles. The van der Waals surface area contributed by atoms with E-state index in [4.69, 9.17) is 27.9 Å². The summed E-state index contributed by atoms with van der Waals surface area (Å²) < 4.78 is 5.60. The number of esters is 1. The number of hydrogen-bond donors (Lipinski definition) is 1. The number of benzene rings is 3. The lowest BCUT2D eigenvalue weighted by molar-refractivity contribution is -0.384. The number of nitro benzene ring substituents is 1. The van der Waals surface area contributed by atoms with Crippen molar-refractivity contribution < 1.29 is 14.5 Å². The first-order chi connectivity index (χ1) is 15.9. The van der Waals surface area contributed by atoms with E-state index in [0.717, 1.165) is 23.2 Å². The highest BCUT2D eigenvalue weighted by atomic mass is 35.5. The lowest BCUT2D eigenvalue weighted by atomic mass is 9.77. The number of nitro groups is 1. The summed E-state index contributed by atoms with van der Waals surface area (Å²) in [6, 6.07) is 16.8. The normalized spacial score (nSPS) is 20.5. The standard InChI is InChI=1S/C25H18Cl2N2O4/c26-15-6-10-20(22(27)12-15)25(30)33-17-9-11-23-21(13-17)18-2-1-3-19(18)24(28-23)14-4-7-16(8-5-14)29(31)32/h1-2,4-13,18-19,24,28H,3H2. The zero-order valence-electron chi connectivity index (χ0n) is 17.2. The van der Waals surface area contributed by atoms with Crippen molar-refractivity contribution >= 4 is 40.5 Å². The van der Waals surface area contributed by atoms with E-state index in [9.17, 15) is 14.9 Å². The van der Waals surface area contributed by atoms with Crippen molar-refractivity contribution in [1.82, 2.24) is 0 Å². The van der Waals surface area contributed by atoms with Crippen LogP contribution in [-0.2, 0) is 0 Å². The maximum Gasteiger partial charge on any atom is 0.345 e. The average molecular weight is 481 g/mol. The van der Waals surface area contributed by atoms with Crippen molar-refractivity contribution in [3.63, 3.8) is 0 Å². The Hall–Kier alpha value is -3.35. The first kappa shape index (κ1) is 21.5. The number of rotatable bonds is 4. The largest absolute Gasteiger partial charge is 0.423 e. The third-order valence-corrected chi connectivity index (χ3v) is 6.71. The van der Waals surface area contributed by atoms with Crippen molar-refractivity contribution in [3.8, 4) is 5.75 Å². The Balaban J connectivity index is 1.41. The molecule has 0 saturated heterocycles. The number of carbonyl (C=O) groups is 1. The molecule has 3 aromatic carbocycles. The van der Waals surface area contributed by atoms with Crippen molar-refractivity contribution in [3.05, 3.63) is 110 Å². The topological polar surface area (TPSA) is 81.5 Å². The highest BCUT2D eigenvalue weighted by Crippen LogP contribution is 2.50. The van der Waals surface area contributed by atoms with Gasteiger partial charge in [0.1, 0.15) is 5.75 Å². The molecule has 3 atom stereocenters. The van der Waals surface area contributed by atoms with Crippen LogP contribution in [0.25, 0.3) is 0 Å². The van der Waals surface area contributed by atoms with E-state index in [1.54, 1.807) is 12.1 Å². The van der Waals surface area contributed by atoms with Crippen LogP contribution in [0.3, 0.4) is 0 Å². The Labute approximate surface area is 199 Å². The van der Waals surface area contributed by atoms with Crippen LogP contribution in [-0.4, -0.2) is 10.9 Å². The highest BCUT2D eigenvalue weighted by Gasteiger charge is 2.38. The fraction of sp³-hybridized carbons (Fsp3) is 0.160. The summed E-state index contributed by atoms with van der Waals surface area (Å²) >= 11 is 12.0. The summed E-state index contributed by atoms with van der Waals surface area (Å²) in [5.41, 5.74) is 3.30. The zero-order chi connectivity index (χ0) is 23.1. The van der Waals surface area contributed by atoms with Crippen LogP contribution in [0.2, 0.25) is 10.0 Å². The molecule has 5 rings (SSSR count). The van der Waals surface area contributed by atoms with E-state index in [1.807, 2.05) is 24.3 Å². The van der Waals surface area contributed by atoms with E-state index < -0.39 is 10.9 Å². The average Bonchev–Trinajstić information content (AvgIpc) is 3.29. The van der Waals surface area contributed by atoms with E-state index >= 15 is 0 Å². The molecular formula is C25H18Cl2N2O4. The number of ether oxygens (including phenoxy) is 1. The molecule has 0 radical (unpaired) electrons. The highest BCUT2D eigenvalue weighted by molar-refractivity contribution is 6.36. The molecule has 0 spiro atoms. The number of allylic oxidation sites excluding steroid dienone is 2. The number of non-ortho nitro benzene ring substituents is 1. The van der Waals surface area contributed by atoms with Gasteiger partial charge in [0.25, 0.3) is 5.69 Å². The Kier molecular flexibility index (Phi) is 5.56. The van der Waals surface area contributed by atoms with Gasteiger partial charge in [0.15, 0.2) is 0 Å². The van der Waals surface area contributed by atoms with E-state index in [1.165, 1.54) is 24.3 Å². The Morgan fingerprint density at radius 2 is 1.85 bits per heavy atom. The molecule has 0 amide bonds. The molecule has 1 N–H and O–H groups in total. The van der Waals surface area contributed by atoms with Crippen LogP contribution in [0.4, 0.5) is 11.4 Å². The second kappa shape index (κ2) is 8.54. The number of carbonyl (C=O) groups excluding carboxylic acids is 1. The molecule has 1 aliphatic heterocycles. The van der Waals surface area contributed by atoms with Crippen LogP contribution >= 0.6 is 23.2 Å². The number of fused-ring (bicyclic) bond motifs is 3. The molecule has 0 saturated carbocycles. The second-order valence-electron chi connectivity index (χ2n) is 8.09. The maximum atomic E-state index is 12.6. The molecule has 2 aliphatic rings. The Morgan fingerprint density at radius 3 is 2.58 bits per heavy atom. The van der Waals surface area contributed by atoms with Crippen LogP contribution < -0.4 is 10.1 Å². The van der Waals surface area contributed by atoms with Gasteiger partial charge in [-0.1, -0.05) is 47.5 Å². The molecule has 1 aliphatic carbocycles. The lowest BCUT2D eigenvalue weighted by Gasteiger charge is -2.37. The van der Waals surface area contributed by atoms with Crippen LogP contribution in [0.15, 0.2) is 72.8 Å². The SMILES string of the molecule is O=C(Oc1ccc2c(c1)C1C=CCC1C(c1ccc([N+](=O)[O-])cc1)N2)c1ccc(Cl)cc1Cl. The number of nitrogens with one attached hydrogen (secondary N) is 1. The van der Waals surface area contributed by atoms with Crippen molar-refractivity contribution in [2.45, 2.75) is 18.4 Å². The predicted molar refractivity (Wildman–Crippen MR) is 127 cm³/mol. The lowest BCUT2D eigenvalue weighted by Crippen LogP contribution is -2.29. The predicted octanol–water partition coefficient (Wildman–Crippen LogP) is 6.95. The minimum atomic E-state index is -0.553. The summed E-state index contributed by atoms with van der Waals surface area (Å²) in [5, 5.41) is 15.2. The van der Waals surface area contributed by atoms with Crippen LogP contribution in [0.5, 0.6) is 5.75 Å². The molecule has 1 heterocycles.